The van der Waals surface area contributed by atoms with Gasteiger partial charge in [0.1, 0.15) is 0 Å². The second kappa shape index (κ2) is 2.55. The summed E-state index contributed by atoms with van der Waals surface area (Å²) in [6, 6.07) is 0. The third-order valence-corrected chi connectivity index (χ3v) is 2.79. The Morgan fingerprint density at radius 1 is 1.88 bits per heavy atom. The van der Waals surface area contributed by atoms with E-state index in [1.54, 1.807) is 11.6 Å². The Labute approximate surface area is 56.2 Å². The molecule has 2 unspecified atom stereocenters. The minimum atomic E-state index is -0.864. The molecule has 0 amide bonds. The molecule has 0 fully saturated rings. The Morgan fingerprint density at radius 3 is 3.00 bits per heavy atom. The molecule has 1 aliphatic heterocycles. The molecule has 8 heavy (non-hydrogen) atoms. The summed E-state index contributed by atoms with van der Waals surface area (Å²) in [6.07, 6.45) is 1.70. The maximum atomic E-state index is 10.7. The van der Waals surface area contributed by atoms with Gasteiger partial charge in [0.05, 0.1) is 15.4 Å². The molecule has 0 aliphatic carbocycles. The van der Waals surface area contributed by atoms with Crippen LogP contribution >= 0.6 is 12.6 Å². The van der Waals surface area contributed by atoms with E-state index < -0.39 is 10.8 Å². The van der Waals surface area contributed by atoms with Crippen molar-refractivity contribution in [3.05, 3.63) is 11.6 Å². The van der Waals surface area contributed by atoms with E-state index >= 15 is 0 Å². The Morgan fingerprint density at radius 2 is 2.62 bits per heavy atom. The number of nitrogens with one attached hydrogen (secondary N) is 1. The van der Waals surface area contributed by atoms with Crippen LogP contribution in [0.4, 0.5) is 0 Å². The van der Waals surface area contributed by atoms with Gasteiger partial charge in [0.15, 0.2) is 0 Å². The topological polar surface area (TPSA) is 29.1 Å². The van der Waals surface area contributed by atoms with E-state index in [9.17, 15) is 4.21 Å². The zero-order chi connectivity index (χ0) is 5.98. The van der Waals surface area contributed by atoms with E-state index in [2.05, 4.69) is 17.9 Å². The molecular weight excluding hydrogens is 142 g/mol. The minimum Gasteiger partial charge on any atom is -0.388 e. The quantitative estimate of drug-likeness (QED) is 0.477. The monoisotopic (exact) mass is 149 g/mol. The molecule has 0 aromatic rings. The number of hydrogen-bond donors (Lipinski definition) is 2. The average Bonchev–Trinajstić information content (AvgIpc) is 1.77. The molecule has 0 saturated carbocycles. The van der Waals surface area contributed by atoms with Gasteiger partial charge in [-0.1, -0.05) is 0 Å². The van der Waals surface area contributed by atoms with Crippen LogP contribution in [0.25, 0.3) is 0 Å². The van der Waals surface area contributed by atoms with Gasteiger partial charge in [-0.3, -0.25) is 4.21 Å². The standard InChI is InChI=1S/C4H7NOS2/c6-8-2-1-5-3-4(8)7/h1-2,4-5,7H,3H2. The van der Waals surface area contributed by atoms with Crippen molar-refractivity contribution in [1.29, 1.82) is 0 Å². The number of rotatable bonds is 0. The Balaban J connectivity index is 2.60. The lowest BCUT2D eigenvalue weighted by Crippen LogP contribution is -2.25. The van der Waals surface area contributed by atoms with Gasteiger partial charge < -0.3 is 5.32 Å². The predicted octanol–water partition coefficient (Wildman–Crippen LogP) is 0.0654. The van der Waals surface area contributed by atoms with Crippen molar-refractivity contribution in [2.24, 2.45) is 0 Å². The van der Waals surface area contributed by atoms with Crippen molar-refractivity contribution < 1.29 is 4.21 Å². The molecule has 0 aromatic carbocycles. The highest BCUT2D eigenvalue weighted by molar-refractivity contribution is 8.02. The largest absolute Gasteiger partial charge is 0.388 e. The number of hydrogen-bond acceptors (Lipinski definition) is 3. The highest BCUT2D eigenvalue weighted by Crippen LogP contribution is 2.04. The van der Waals surface area contributed by atoms with E-state index in [-0.39, 0.29) is 4.58 Å². The maximum Gasteiger partial charge on any atom is 0.0985 e. The van der Waals surface area contributed by atoms with Gasteiger partial charge in [0, 0.05) is 18.2 Å². The summed E-state index contributed by atoms with van der Waals surface area (Å²) in [7, 11) is -0.864. The van der Waals surface area contributed by atoms with Crippen molar-refractivity contribution in [3.63, 3.8) is 0 Å². The predicted molar refractivity (Wildman–Crippen MR) is 38.1 cm³/mol. The summed E-state index contributed by atoms with van der Waals surface area (Å²) >= 11 is 4.04. The fraction of sp³-hybridized carbons (Fsp3) is 0.500. The van der Waals surface area contributed by atoms with Crippen LogP contribution in [-0.2, 0) is 10.8 Å². The fourth-order valence-corrected chi connectivity index (χ4v) is 1.45. The highest BCUT2D eigenvalue weighted by Gasteiger charge is 2.10. The summed E-state index contributed by atoms with van der Waals surface area (Å²) in [6.45, 7) is 0.701. The molecule has 0 spiro atoms. The van der Waals surface area contributed by atoms with Crippen LogP contribution in [0.1, 0.15) is 0 Å². The van der Waals surface area contributed by atoms with Gasteiger partial charge in [-0.15, -0.1) is 0 Å². The van der Waals surface area contributed by atoms with Crippen molar-refractivity contribution in [1.82, 2.24) is 5.32 Å². The molecule has 1 N–H and O–H groups in total. The van der Waals surface area contributed by atoms with Crippen LogP contribution in [0.2, 0.25) is 0 Å². The van der Waals surface area contributed by atoms with Crippen LogP contribution in [0.3, 0.4) is 0 Å². The van der Waals surface area contributed by atoms with Gasteiger partial charge in [0.25, 0.3) is 0 Å². The lowest BCUT2D eigenvalue weighted by atomic mass is 10.7. The Hall–Kier alpha value is 0.0400. The third-order valence-electron chi connectivity index (χ3n) is 0.881. The van der Waals surface area contributed by atoms with Crippen LogP contribution in [0, 0.1) is 0 Å². The normalized spacial score (nSPS) is 36.6. The van der Waals surface area contributed by atoms with Crippen molar-refractivity contribution in [3.8, 4) is 0 Å². The van der Waals surface area contributed by atoms with Crippen molar-refractivity contribution >= 4 is 23.4 Å². The number of thiol groups is 1. The maximum absolute atomic E-state index is 10.7. The summed E-state index contributed by atoms with van der Waals surface area (Å²) in [5, 5.41) is 4.53. The summed E-state index contributed by atoms with van der Waals surface area (Å²) in [5.41, 5.74) is 0. The van der Waals surface area contributed by atoms with Crippen molar-refractivity contribution in [2.75, 3.05) is 6.54 Å². The molecule has 1 heterocycles. The molecule has 1 aliphatic rings. The third kappa shape index (κ3) is 1.26. The lowest BCUT2D eigenvalue weighted by Gasteiger charge is -2.11. The van der Waals surface area contributed by atoms with Crippen LogP contribution < -0.4 is 5.32 Å². The second-order valence-electron chi connectivity index (χ2n) is 1.49. The minimum absolute atomic E-state index is 0.0278. The Kier molecular flexibility index (Phi) is 1.96. The first-order valence-corrected chi connectivity index (χ1v) is 4.07. The molecule has 0 radical (unpaired) electrons. The zero-order valence-corrected chi connectivity index (χ0v) is 5.91. The lowest BCUT2D eigenvalue weighted by molar-refractivity contribution is 0.682. The molecule has 0 saturated heterocycles. The molecular formula is C4H7NOS2. The van der Waals surface area contributed by atoms with E-state index in [1.165, 1.54) is 0 Å². The van der Waals surface area contributed by atoms with Gasteiger partial charge in [-0.05, 0) is 0 Å². The first kappa shape index (κ1) is 6.16. The fourth-order valence-electron chi connectivity index (χ4n) is 0.457. The van der Waals surface area contributed by atoms with Crippen LogP contribution in [-0.4, -0.2) is 15.3 Å². The van der Waals surface area contributed by atoms with Crippen LogP contribution in [0.5, 0.6) is 0 Å². The first-order valence-electron chi connectivity index (χ1n) is 2.28. The molecule has 2 nitrogen and oxygen atoms in total. The van der Waals surface area contributed by atoms with Gasteiger partial charge >= 0.3 is 0 Å². The molecule has 2 atom stereocenters. The van der Waals surface area contributed by atoms with E-state index in [0.717, 1.165) is 0 Å². The SMILES string of the molecule is O=S1C=CNCC1S. The highest BCUT2D eigenvalue weighted by atomic mass is 32.2. The van der Waals surface area contributed by atoms with Gasteiger partial charge in [-0.2, -0.15) is 12.6 Å². The van der Waals surface area contributed by atoms with E-state index in [1.807, 2.05) is 0 Å². The second-order valence-corrected chi connectivity index (χ2v) is 3.97. The summed E-state index contributed by atoms with van der Waals surface area (Å²) in [4.78, 5) is 0. The zero-order valence-electron chi connectivity index (χ0n) is 4.20. The van der Waals surface area contributed by atoms with Crippen LogP contribution in [0.15, 0.2) is 11.6 Å². The summed E-state index contributed by atoms with van der Waals surface area (Å²) in [5.74, 6) is 0. The van der Waals surface area contributed by atoms with E-state index in [4.69, 9.17) is 0 Å². The first-order chi connectivity index (χ1) is 3.80. The molecule has 4 heteroatoms. The van der Waals surface area contributed by atoms with Gasteiger partial charge in [-0.25, -0.2) is 0 Å². The average molecular weight is 149 g/mol. The van der Waals surface area contributed by atoms with E-state index in [0.29, 0.717) is 6.54 Å². The smallest absolute Gasteiger partial charge is 0.0985 e. The summed E-state index contributed by atoms with van der Waals surface area (Å²) < 4.78 is 10.7. The van der Waals surface area contributed by atoms with Crippen molar-refractivity contribution in [2.45, 2.75) is 4.58 Å². The Bertz CT molecular complexity index is 134. The molecule has 0 bridgehead atoms. The van der Waals surface area contributed by atoms with Gasteiger partial charge in [0.2, 0.25) is 0 Å². The molecule has 0 aromatic heterocycles. The molecule has 1 rings (SSSR count). The molecule has 46 valence electrons.